The number of carboxylic acid groups (broad SMARTS) is 4. The molecule has 0 spiro atoms. The molecule has 0 amide bonds. The van der Waals surface area contributed by atoms with Crippen LogP contribution in [0.4, 0.5) is 0 Å². The third-order valence-corrected chi connectivity index (χ3v) is 4.63. The Morgan fingerprint density at radius 1 is 0.500 bits per heavy atom. The lowest BCUT2D eigenvalue weighted by Gasteiger charge is -2.07. The van der Waals surface area contributed by atoms with Crippen LogP contribution in [0.1, 0.15) is 76.0 Å². The van der Waals surface area contributed by atoms with Crippen molar-refractivity contribution in [3.8, 4) is 0 Å². The van der Waals surface area contributed by atoms with Gasteiger partial charge in [-0.1, -0.05) is 24.3 Å². The summed E-state index contributed by atoms with van der Waals surface area (Å²) < 4.78 is 9.70. The van der Waals surface area contributed by atoms with E-state index >= 15 is 0 Å². The minimum absolute atomic E-state index is 0.0186. The van der Waals surface area contributed by atoms with Crippen molar-refractivity contribution in [2.24, 2.45) is 0 Å². The monoisotopic (exact) mass is 554 g/mol. The first-order valence-corrected chi connectivity index (χ1v) is 11.5. The Kier molecular flexibility index (Phi) is 13.3. The van der Waals surface area contributed by atoms with Crippen molar-refractivity contribution in [3.63, 3.8) is 0 Å². The van der Waals surface area contributed by atoms with Gasteiger partial charge in [-0.25, -0.2) is 28.8 Å². The van der Waals surface area contributed by atoms with Crippen molar-refractivity contribution in [2.75, 3.05) is 13.2 Å². The molecule has 12 nitrogen and oxygen atoms in total. The summed E-state index contributed by atoms with van der Waals surface area (Å²) in [6.45, 7) is 3.97. The summed E-state index contributed by atoms with van der Waals surface area (Å²) in [6, 6.07) is 16.8. The maximum Gasteiger partial charge on any atom is 0.338 e. The molecular formula is C28H26O12. The molecule has 0 aliphatic rings. The lowest BCUT2D eigenvalue weighted by Crippen LogP contribution is -2.13. The first kappa shape index (κ1) is 32.5. The van der Waals surface area contributed by atoms with Gasteiger partial charge in [0.05, 0.1) is 46.6 Å². The van der Waals surface area contributed by atoms with Crippen molar-refractivity contribution >= 4 is 35.8 Å². The molecule has 0 aliphatic heterocycles. The number of hydrogen-bond donors (Lipinski definition) is 4. The van der Waals surface area contributed by atoms with Crippen LogP contribution in [0.5, 0.6) is 0 Å². The molecule has 0 unspecified atom stereocenters. The Hall–Kier alpha value is -5.52. The molecule has 0 bridgehead atoms. The predicted molar refractivity (Wildman–Crippen MR) is 139 cm³/mol. The highest BCUT2D eigenvalue weighted by Crippen LogP contribution is 2.12. The van der Waals surface area contributed by atoms with E-state index in [0.717, 1.165) is 12.1 Å². The zero-order valence-electron chi connectivity index (χ0n) is 21.4. The molecule has 3 aromatic carbocycles. The van der Waals surface area contributed by atoms with Crippen LogP contribution < -0.4 is 0 Å². The Morgan fingerprint density at radius 2 is 0.775 bits per heavy atom. The van der Waals surface area contributed by atoms with E-state index in [2.05, 4.69) is 0 Å². The van der Waals surface area contributed by atoms with Crippen LogP contribution in [0.25, 0.3) is 0 Å². The molecule has 0 saturated carbocycles. The zero-order valence-corrected chi connectivity index (χ0v) is 21.4. The first-order chi connectivity index (χ1) is 18.9. The Bertz CT molecular complexity index is 1210. The molecule has 0 saturated heterocycles. The highest BCUT2D eigenvalue weighted by molar-refractivity contribution is 6.03. The van der Waals surface area contributed by atoms with Gasteiger partial charge >= 0.3 is 35.8 Å². The van der Waals surface area contributed by atoms with Gasteiger partial charge in [0.25, 0.3) is 0 Å². The number of rotatable bonds is 8. The highest BCUT2D eigenvalue weighted by atomic mass is 16.5. The van der Waals surface area contributed by atoms with E-state index in [-0.39, 0.29) is 46.6 Å². The number of aromatic carboxylic acids is 4. The van der Waals surface area contributed by atoms with Gasteiger partial charge in [0.2, 0.25) is 0 Å². The summed E-state index contributed by atoms with van der Waals surface area (Å²) in [6.07, 6.45) is 0. The lowest BCUT2D eigenvalue weighted by atomic mass is 10.1. The summed E-state index contributed by atoms with van der Waals surface area (Å²) in [5.74, 6) is -5.52. The van der Waals surface area contributed by atoms with Gasteiger partial charge in [-0.15, -0.1) is 0 Å². The third-order valence-electron chi connectivity index (χ3n) is 4.63. The maximum absolute atomic E-state index is 11.5. The van der Waals surface area contributed by atoms with Gasteiger partial charge in [-0.2, -0.15) is 0 Å². The van der Waals surface area contributed by atoms with Crippen LogP contribution in [-0.4, -0.2) is 69.5 Å². The molecule has 3 aromatic rings. The topological polar surface area (TPSA) is 202 Å². The second-order valence-electron chi connectivity index (χ2n) is 7.37. The first-order valence-electron chi connectivity index (χ1n) is 11.5. The van der Waals surface area contributed by atoms with Crippen LogP contribution in [0.15, 0.2) is 72.8 Å². The average molecular weight is 555 g/mol. The number of carbonyl (C=O) groups is 6. The van der Waals surface area contributed by atoms with E-state index < -0.39 is 35.8 Å². The molecule has 0 fully saturated rings. The number of ether oxygens (including phenoxy) is 2. The quantitative estimate of drug-likeness (QED) is 0.289. The predicted octanol–water partition coefficient (Wildman–Crippen LogP) is 4.21. The molecule has 4 N–H and O–H groups in total. The third kappa shape index (κ3) is 10.5. The van der Waals surface area contributed by atoms with E-state index in [4.69, 9.17) is 29.9 Å². The summed E-state index contributed by atoms with van der Waals surface area (Å²) >= 11 is 0. The van der Waals surface area contributed by atoms with E-state index in [1.807, 2.05) is 0 Å². The Labute approximate surface area is 228 Å². The van der Waals surface area contributed by atoms with Gasteiger partial charge < -0.3 is 29.9 Å². The minimum Gasteiger partial charge on any atom is -0.478 e. The molecule has 0 heterocycles. The van der Waals surface area contributed by atoms with Crippen LogP contribution in [0.3, 0.4) is 0 Å². The number of carbonyl (C=O) groups excluding carboxylic acids is 2. The molecular weight excluding hydrogens is 528 g/mol. The zero-order chi connectivity index (χ0) is 30.2. The summed E-state index contributed by atoms with van der Waals surface area (Å²) in [5, 5.41) is 34.0. The minimum atomic E-state index is -1.13. The maximum atomic E-state index is 11.5. The van der Waals surface area contributed by atoms with Crippen molar-refractivity contribution in [2.45, 2.75) is 13.8 Å². The SMILES string of the molecule is CCOC(=O)c1ccccc1C(=O)OCC.O=C(O)c1cccc(C(=O)O)c1.O=C(O)c1cccc(C(=O)O)c1. The second-order valence-corrected chi connectivity index (χ2v) is 7.37. The molecule has 40 heavy (non-hydrogen) atoms. The number of benzene rings is 3. The summed E-state index contributed by atoms with van der Waals surface area (Å²) in [4.78, 5) is 64.6. The number of hydrogen-bond acceptors (Lipinski definition) is 8. The second kappa shape index (κ2) is 16.3. The molecule has 0 radical (unpaired) electrons. The van der Waals surface area contributed by atoms with Crippen LogP contribution in [0.2, 0.25) is 0 Å². The van der Waals surface area contributed by atoms with Crippen molar-refractivity contribution in [1.29, 1.82) is 0 Å². The highest BCUT2D eigenvalue weighted by Gasteiger charge is 2.18. The van der Waals surface area contributed by atoms with Gasteiger partial charge in [-0.05, 0) is 62.4 Å². The van der Waals surface area contributed by atoms with Crippen molar-refractivity contribution in [1.82, 2.24) is 0 Å². The van der Waals surface area contributed by atoms with E-state index in [0.29, 0.717) is 0 Å². The molecule has 0 aliphatic carbocycles. The van der Waals surface area contributed by atoms with Gasteiger partial charge in [0.1, 0.15) is 0 Å². The van der Waals surface area contributed by atoms with Gasteiger partial charge in [0, 0.05) is 0 Å². The normalized spacial score (nSPS) is 9.45. The Morgan fingerprint density at radius 3 is 1.00 bits per heavy atom. The van der Waals surface area contributed by atoms with Crippen LogP contribution in [0, 0.1) is 0 Å². The summed E-state index contributed by atoms with van der Waals surface area (Å²) in [5.41, 5.74) is 0.403. The number of carboxylic acids is 4. The standard InChI is InChI=1S/C12H14O4.2C8H6O4/c1-3-15-11(13)9-7-5-6-8-10(9)12(14)16-4-2;2*9-7(10)5-2-1-3-6(4-5)8(11)12/h5-8H,3-4H2,1-2H3;2*1-4H,(H,9,10)(H,11,12). The fraction of sp³-hybridized carbons (Fsp3) is 0.143. The van der Waals surface area contributed by atoms with Crippen LogP contribution in [-0.2, 0) is 9.47 Å². The van der Waals surface area contributed by atoms with E-state index in [9.17, 15) is 28.8 Å². The fourth-order valence-electron chi connectivity index (χ4n) is 2.83. The van der Waals surface area contributed by atoms with Gasteiger partial charge in [0.15, 0.2) is 0 Å². The molecule has 3 rings (SSSR count). The molecule has 210 valence electrons. The average Bonchev–Trinajstić information content (AvgIpc) is 2.94. The lowest BCUT2D eigenvalue weighted by molar-refractivity contribution is 0.0479. The van der Waals surface area contributed by atoms with Crippen LogP contribution >= 0.6 is 0 Å². The van der Waals surface area contributed by atoms with Crippen molar-refractivity contribution in [3.05, 3.63) is 106 Å². The smallest absolute Gasteiger partial charge is 0.338 e. The van der Waals surface area contributed by atoms with Gasteiger partial charge in [-0.3, -0.25) is 0 Å². The largest absolute Gasteiger partial charge is 0.478 e. The summed E-state index contributed by atoms with van der Waals surface area (Å²) in [7, 11) is 0. The fourth-order valence-corrected chi connectivity index (χ4v) is 2.83. The Balaban J connectivity index is 0.000000305. The number of esters is 2. The molecule has 0 atom stereocenters. The van der Waals surface area contributed by atoms with E-state index in [1.165, 1.54) is 36.4 Å². The molecule has 0 aromatic heterocycles. The molecule has 12 heteroatoms. The van der Waals surface area contributed by atoms with E-state index in [1.54, 1.807) is 38.1 Å². The van der Waals surface area contributed by atoms with Crippen molar-refractivity contribution < 1.29 is 58.7 Å².